The first-order valence-corrected chi connectivity index (χ1v) is 10.6. The van der Waals surface area contributed by atoms with Crippen LogP contribution >= 0.6 is 0 Å². The molecule has 0 spiro atoms. The van der Waals surface area contributed by atoms with Crippen LogP contribution in [0.3, 0.4) is 0 Å². The number of aromatic amines is 1. The lowest BCUT2D eigenvalue weighted by atomic mass is 10.1. The molecule has 4 aromatic carbocycles. The Labute approximate surface area is 194 Å². The van der Waals surface area contributed by atoms with Crippen LogP contribution in [-0.2, 0) is 6.54 Å². The Morgan fingerprint density at radius 2 is 1.62 bits per heavy atom. The van der Waals surface area contributed by atoms with Gasteiger partial charge in [0.25, 0.3) is 5.91 Å². The molecule has 0 saturated carbocycles. The van der Waals surface area contributed by atoms with Crippen molar-refractivity contribution in [2.24, 2.45) is 0 Å². The Balaban J connectivity index is 1.54. The number of nitrogens with one attached hydrogen (secondary N) is 1. The molecule has 0 atom stereocenters. The number of carbonyl (C=O) groups is 1. The predicted octanol–water partition coefficient (Wildman–Crippen LogP) is 5.94. The topological polar surface area (TPSA) is 75.0 Å². The maximum atomic E-state index is 14.1. The number of imidazole rings is 1. The average Bonchev–Trinajstić information content (AvgIpc) is 3.28. The minimum Gasteiger partial charge on any atom is -0.397 e. The molecule has 0 unspecified atom stereocenters. The van der Waals surface area contributed by atoms with Gasteiger partial charge in [0.1, 0.15) is 17.5 Å². The molecule has 0 aliphatic heterocycles. The van der Waals surface area contributed by atoms with Gasteiger partial charge in [0.05, 0.1) is 29.0 Å². The summed E-state index contributed by atoms with van der Waals surface area (Å²) in [5.74, 6) is -0.581. The zero-order valence-corrected chi connectivity index (χ0v) is 18.0. The van der Waals surface area contributed by atoms with Crippen molar-refractivity contribution in [2.75, 3.05) is 10.6 Å². The Bertz CT molecular complexity index is 1480. The molecule has 1 amide bonds. The number of benzene rings is 4. The van der Waals surface area contributed by atoms with Gasteiger partial charge in [0.2, 0.25) is 0 Å². The molecule has 0 aliphatic rings. The fourth-order valence-electron chi connectivity index (χ4n) is 3.83. The molecule has 1 heterocycles. The molecule has 0 bridgehead atoms. The largest absolute Gasteiger partial charge is 0.397 e. The molecule has 168 valence electrons. The van der Waals surface area contributed by atoms with E-state index in [1.165, 1.54) is 35.2 Å². The molecule has 5 nitrogen and oxygen atoms in total. The van der Waals surface area contributed by atoms with Gasteiger partial charge in [-0.2, -0.15) is 0 Å². The van der Waals surface area contributed by atoms with Crippen LogP contribution in [0.1, 0.15) is 15.9 Å². The van der Waals surface area contributed by atoms with Crippen LogP contribution in [0.5, 0.6) is 0 Å². The SMILES string of the molecule is Nc1ccc(F)cc1N(Cc1ccccc1)C(=O)c1ccc2nc(-c3ccc(F)cc3)[nH]c2c1. The molecule has 0 aliphatic carbocycles. The third-order valence-corrected chi connectivity index (χ3v) is 5.56. The average molecular weight is 454 g/mol. The highest BCUT2D eigenvalue weighted by Gasteiger charge is 2.22. The predicted molar refractivity (Wildman–Crippen MR) is 129 cm³/mol. The standard InChI is InChI=1S/C27H20F2N4O/c28-20-9-6-18(7-10-20)26-31-23-13-8-19(14-24(23)32-26)27(34)33(16-17-4-2-1-3-5-17)25-15-21(29)11-12-22(25)30/h1-15H,16,30H2,(H,31,32). The van der Waals surface area contributed by atoms with E-state index >= 15 is 0 Å². The van der Waals surface area contributed by atoms with Crippen molar-refractivity contribution < 1.29 is 13.6 Å². The molecule has 5 rings (SSSR count). The molecule has 3 N–H and O–H groups in total. The van der Waals surface area contributed by atoms with Gasteiger partial charge < -0.3 is 15.6 Å². The number of fused-ring (bicyclic) bond motifs is 1. The van der Waals surface area contributed by atoms with Crippen molar-refractivity contribution >= 4 is 28.3 Å². The van der Waals surface area contributed by atoms with Crippen LogP contribution in [0.25, 0.3) is 22.4 Å². The molecule has 0 radical (unpaired) electrons. The normalized spacial score (nSPS) is 11.0. The number of aromatic nitrogens is 2. The maximum Gasteiger partial charge on any atom is 0.258 e. The molecular formula is C27H20F2N4O. The van der Waals surface area contributed by atoms with Crippen molar-refractivity contribution in [3.05, 3.63) is 114 Å². The van der Waals surface area contributed by atoms with Crippen LogP contribution in [-0.4, -0.2) is 15.9 Å². The number of anilines is 2. The molecular weight excluding hydrogens is 434 g/mol. The van der Waals surface area contributed by atoms with E-state index in [4.69, 9.17) is 5.73 Å². The fraction of sp³-hybridized carbons (Fsp3) is 0.0370. The second-order valence-electron chi connectivity index (χ2n) is 7.90. The van der Waals surface area contributed by atoms with Crippen LogP contribution in [0, 0.1) is 11.6 Å². The number of hydrogen-bond donors (Lipinski definition) is 2. The first-order chi connectivity index (χ1) is 16.5. The number of rotatable bonds is 5. The molecule has 5 aromatic rings. The third-order valence-electron chi connectivity index (χ3n) is 5.56. The summed E-state index contributed by atoms with van der Waals surface area (Å²) in [6.07, 6.45) is 0. The van der Waals surface area contributed by atoms with E-state index < -0.39 is 5.82 Å². The van der Waals surface area contributed by atoms with Gasteiger partial charge in [-0.25, -0.2) is 13.8 Å². The van der Waals surface area contributed by atoms with Gasteiger partial charge in [-0.15, -0.1) is 0 Å². The van der Waals surface area contributed by atoms with Gasteiger partial charge in [-0.1, -0.05) is 30.3 Å². The van der Waals surface area contributed by atoms with Crippen LogP contribution < -0.4 is 10.6 Å². The lowest BCUT2D eigenvalue weighted by molar-refractivity contribution is 0.0985. The number of amides is 1. The zero-order chi connectivity index (χ0) is 23.7. The van der Waals surface area contributed by atoms with Crippen molar-refractivity contribution in [3.63, 3.8) is 0 Å². The van der Waals surface area contributed by atoms with Crippen molar-refractivity contribution in [2.45, 2.75) is 6.54 Å². The van der Waals surface area contributed by atoms with Gasteiger partial charge in [-0.05, 0) is 66.2 Å². The minimum absolute atomic E-state index is 0.217. The van der Waals surface area contributed by atoms with Crippen LogP contribution in [0.4, 0.5) is 20.2 Å². The Morgan fingerprint density at radius 3 is 2.38 bits per heavy atom. The Hall–Kier alpha value is -4.52. The van der Waals surface area contributed by atoms with Crippen molar-refractivity contribution in [1.82, 2.24) is 9.97 Å². The molecule has 7 heteroatoms. The van der Waals surface area contributed by atoms with E-state index in [-0.39, 0.29) is 18.3 Å². The summed E-state index contributed by atoms with van der Waals surface area (Å²) >= 11 is 0. The quantitative estimate of drug-likeness (QED) is 0.323. The van der Waals surface area contributed by atoms with Gasteiger partial charge in [-0.3, -0.25) is 4.79 Å². The molecule has 34 heavy (non-hydrogen) atoms. The smallest absolute Gasteiger partial charge is 0.258 e. The molecule has 0 saturated heterocycles. The highest BCUT2D eigenvalue weighted by Crippen LogP contribution is 2.29. The maximum absolute atomic E-state index is 14.1. The summed E-state index contributed by atoms with van der Waals surface area (Å²) < 4.78 is 27.3. The second kappa shape index (κ2) is 8.78. The number of nitrogen functional groups attached to an aromatic ring is 1. The highest BCUT2D eigenvalue weighted by molar-refractivity contribution is 6.09. The summed E-state index contributed by atoms with van der Waals surface area (Å²) in [6, 6.07) is 24.5. The summed E-state index contributed by atoms with van der Waals surface area (Å²) in [6.45, 7) is 0.217. The van der Waals surface area contributed by atoms with E-state index in [2.05, 4.69) is 9.97 Å². The van der Waals surface area contributed by atoms with E-state index in [1.807, 2.05) is 30.3 Å². The zero-order valence-electron chi connectivity index (χ0n) is 18.0. The lowest BCUT2D eigenvalue weighted by Gasteiger charge is -2.24. The third kappa shape index (κ3) is 4.23. The Morgan fingerprint density at radius 1 is 0.882 bits per heavy atom. The van der Waals surface area contributed by atoms with Crippen molar-refractivity contribution in [1.29, 1.82) is 0 Å². The summed E-state index contributed by atoms with van der Waals surface area (Å²) in [4.78, 5) is 22.8. The number of nitrogens with zero attached hydrogens (tertiary/aromatic N) is 2. The van der Waals surface area contributed by atoms with E-state index in [0.717, 1.165) is 11.1 Å². The second-order valence-corrected chi connectivity index (χ2v) is 7.90. The number of H-pyrrole nitrogens is 1. The monoisotopic (exact) mass is 454 g/mol. The summed E-state index contributed by atoms with van der Waals surface area (Å²) in [5, 5.41) is 0. The van der Waals surface area contributed by atoms with Gasteiger partial charge >= 0.3 is 0 Å². The first-order valence-electron chi connectivity index (χ1n) is 10.6. The first kappa shape index (κ1) is 21.3. The molecule has 0 fully saturated rings. The number of halogens is 2. The van der Waals surface area contributed by atoms with E-state index in [9.17, 15) is 13.6 Å². The van der Waals surface area contributed by atoms with Gasteiger partial charge in [0.15, 0.2) is 0 Å². The van der Waals surface area contributed by atoms with Gasteiger partial charge in [0, 0.05) is 11.1 Å². The van der Waals surface area contributed by atoms with Crippen LogP contribution in [0.15, 0.2) is 91.0 Å². The van der Waals surface area contributed by atoms with Crippen LogP contribution in [0.2, 0.25) is 0 Å². The summed E-state index contributed by atoms with van der Waals surface area (Å²) in [5.41, 5.74) is 10.0. The Kier molecular flexibility index (Phi) is 5.51. The minimum atomic E-state index is -0.483. The van der Waals surface area contributed by atoms with E-state index in [0.29, 0.717) is 33.8 Å². The van der Waals surface area contributed by atoms with Crippen molar-refractivity contribution in [3.8, 4) is 11.4 Å². The lowest BCUT2D eigenvalue weighted by Crippen LogP contribution is -2.31. The number of hydrogen-bond acceptors (Lipinski definition) is 3. The number of carbonyl (C=O) groups excluding carboxylic acids is 1. The van der Waals surface area contributed by atoms with E-state index in [1.54, 1.807) is 30.3 Å². The highest BCUT2D eigenvalue weighted by atomic mass is 19.1. The fourth-order valence-corrected chi connectivity index (χ4v) is 3.83. The number of nitrogens with two attached hydrogens (primary N) is 1. The summed E-state index contributed by atoms with van der Waals surface area (Å²) in [7, 11) is 0. The molecule has 1 aromatic heterocycles.